The van der Waals surface area contributed by atoms with E-state index >= 15 is 0 Å². The van der Waals surface area contributed by atoms with Gasteiger partial charge in [-0.1, -0.05) is 62.4 Å². The van der Waals surface area contributed by atoms with Crippen molar-refractivity contribution < 1.29 is 19.5 Å². The maximum Gasteiger partial charge on any atom is 0.327 e. The van der Waals surface area contributed by atoms with Gasteiger partial charge in [0.25, 0.3) is 0 Å². The molecule has 1 aliphatic heterocycles. The number of carbonyl (C=O) groups excluding carboxylic acids is 2. The fourth-order valence-corrected chi connectivity index (χ4v) is 6.75. The molecule has 3 atom stereocenters. The summed E-state index contributed by atoms with van der Waals surface area (Å²) in [6.07, 6.45) is 0. The van der Waals surface area contributed by atoms with Gasteiger partial charge in [0.1, 0.15) is 15.8 Å². The van der Waals surface area contributed by atoms with Gasteiger partial charge in [0.15, 0.2) is 0 Å². The van der Waals surface area contributed by atoms with Crippen molar-refractivity contribution in [2.45, 2.75) is 29.6 Å². The molecule has 2 amide bonds. The third kappa shape index (κ3) is 2.02. The number of likely N-dealkylation sites (tertiary alicyclic amines) is 1. The van der Waals surface area contributed by atoms with Crippen molar-refractivity contribution in [2.24, 2.45) is 17.8 Å². The Bertz CT molecular complexity index is 1010. The highest BCUT2D eigenvalue weighted by Gasteiger charge is 2.73. The molecule has 0 aromatic heterocycles. The molecule has 1 saturated heterocycles. The first kappa shape index (κ1) is 19.6. The number of carboxylic acids is 1. The molecule has 0 saturated carbocycles. The van der Waals surface area contributed by atoms with Gasteiger partial charge in [0.05, 0.1) is 11.8 Å². The van der Waals surface area contributed by atoms with Gasteiger partial charge in [-0.25, -0.2) is 4.79 Å². The minimum absolute atomic E-state index is 0.462. The second-order valence-corrected chi connectivity index (χ2v) is 9.74. The number of rotatable bonds is 3. The van der Waals surface area contributed by atoms with E-state index in [4.69, 9.17) is 23.2 Å². The van der Waals surface area contributed by atoms with Gasteiger partial charge in [0.2, 0.25) is 11.8 Å². The Labute approximate surface area is 183 Å². The number of imide groups is 1. The maximum atomic E-state index is 13.7. The topological polar surface area (TPSA) is 74.7 Å². The Hall–Kier alpha value is -2.37. The average Bonchev–Trinajstić information content (AvgIpc) is 2.98. The summed E-state index contributed by atoms with van der Waals surface area (Å²) < 4.78 is 0. The molecule has 5 nitrogen and oxygen atoms in total. The van der Waals surface area contributed by atoms with Gasteiger partial charge in [-0.2, -0.15) is 0 Å². The zero-order valence-corrected chi connectivity index (χ0v) is 17.8. The smallest absolute Gasteiger partial charge is 0.327 e. The van der Waals surface area contributed by atoms with Crippen LogP contribution >= 0.6 is 23.2 Å². The minimum Gasteiger partial charge on any atom is -0.480 e. The summed E-state index contributed by atoms with van der Waals surface area (Å²) in [6.45, 7) is 3.35. The van der Waals surface area contributed by atoms with Crippen molar-refractivity contribution in [3.05, 3.63) is 70.8 Å². The largest absolute Gasteiger partial charge is 0.480 e. The van der Waals surface area contributed by atoms with Crippen molar-refractivity contribution >= 4 is 41.0 Å². The molecule has 1 fully saturated rings. The quantitative estimate of drug-likeness (QED) is 0.579. The zero-order valence-electron chi connectivity index (χ0n) is 16.3. The lowest BCUT2D eigenvalue weighted by Crippen LogP contribution is -2.57. The Kier molecular flexibility index (Phi) is 3.97. The summed E-state index contributed by atoms with van der Waals surface area (Å²) in [5, 5.41) is 9.78. The second kappa shape index (κ2) is 6.08. The fraction of sp³-hybridized carbons (Fsp3) is 0.348. The summed E-state index contributed by atoms with van der Waals surface area (Å²) in [6, 6.07) is 13.4. The van der Waals surface area contributed by atoms with Crippen LogP contribution in [-0.4, -0.2) is 33.8 Å². The number of halogens is 2. The Morgan fingerprint density at radius 1 is 0.867 bits per heavy atom. The number of hydrogen-bond donors (Lipinski definition) is 1. The number of benzene rings is 2. The van der Waals surface area contributed by atoms with E-state index < -0.39 is 51.3 Å². The number of hydrogen-bond acceptors (Lipinski definition) is 3. The summed E-state index contributed by atoms with van der Waals surface area (Å²) in [4.78, 5) is 37.6. The number of carboxylic acid groups (broad SMARTS) is 1. The highest BCUT2D eigenvalue weighted by molar-refractivity contribution is 6.36. The third-order valence-corrected chi connectivity index (χ3v) is 8.07. The van der Waals surface area contributed by atoms with Crippen LogP contribution in [0.3, 0.4) is 0 Å². The normalized spacial score (nSPS) is 32.1. The molecule has 3 aliphatic carbocycles. The first-order valence-electron chi connectivity index (χ1n) is 9.84. The molecule has 154 valence electrons. The highest BCUT2D eigenvalue weighted by Crippen LogP contribution is 2.69. The van der Waals surface area contributed by atoms with Crippen LogP contribution in [-0.2, 0) is 24.1 Å². The molecular formula is C23H19Cl2NO4. The van der Waals surface area contributed by atoms with E-state index in [2.05, 4.69) is 0 Å². The summed E-state index contributed by atoms with van der Waals surface area (Å²) in [5.41, 5.74) is 2.78. The van der Waals surface area contributed by atoms with Gasteiger partial charge in [0, 0.05) is 0 Å². The molecule has 1 N–H and O–H groups in total. The molecule has 0 unspecified atom stereocenters. The van der Waals surface area contributed by atoms with E-state index in [0.717, 1.165) is 4.90 Å². The SMILES string of the molecule is CC(C)[C@@H](C(=O)O)N1C(=O)[C@@H]2[C@H](C1=O)C1(Cl)c3ccccc3C2(Cl)c2ccccc21. The number of aliphatic carboxylic acids is 1. The van der Waals surface area contributed by atoms with E-state index in [1.54, 1.807) is 13.8 Å². The Morgan fingerprint density at radius 3 is 1.47 bits per heavy atom. The van der Waals surface area contributed by atoms with Gasteiger partial charge in [-0.05, 0) is 28.2 Å². The number of nitrogens with zero attached hydrogens (tertiary/aromatic N) is 1. The molecule has 0 radical (unpaired) electrons. The van der Waals surface area contributed by atoms with E-state index in [1.807, 2.05) is 48.5 Å². The predicted octanol–water partition coefficient (Wildman–Crippen LogP) is 3.69. The predicted molar refractivity (Wildman–Crippen MR) is 111 cm³/mol. The van der Waals surface area contributed by atoms with Gasteiger partial charge in [-0.15, -0.1) is 23.2 Å². The summed E-state index contributed by atoms with van der Waals surface area (Å²) in [7, 11) is 0. The molecule has 2 aromatic rings. The molecule has 4 aliphatic rings. The standard InChI is InChI=1S/C23H19Cl2NO4/c1-11(2)18(21(29)30)26-19(27)16-17(20(26)28)23(25)13-8-4-3-7-12(13)22(16,24)14-9-5-6-10-15(14)23/h3-11,16-18H,1-2H3,(H,29,30)/t16-,17+,18-,22?,23?/m0/s1. The summed E-state index contributed by atoms with van der Waals surface area (Å²) in [5.74, 6) is -4.79. The van der Waals surface area contributed by atoms with Crippen LogP contribution in [0.25, 0.3) is 0 Å². The van der Waals surface area contributed by atoms with E-state index in [0.29, 0.717) is 22.3 Å². The second-order valence-electron chi connectivity index (χ2n) is 8.54. The third-order valence-electron chi connectivity index (χ3n) is 6.78. The van der Waals surface area contributed by atoms with Crippen molar-refractivity contribution in [1.29, 1.82) is 0 Å². The van der Waals surface area contributed by atoms with E-state index in [-0.39, 0.29) is 0 Å². The number of alkyl halides is 2. The lowest BCUT2D eigenvalue weighted by atomic mass is 9.54. The van der Waals surface area contributed by atoms with Gasteiger partial charge < -0.3 is 5.11 Å². The molecule has 2 aromatic carbocycles. The van der Waals surface area contributed by atoms with Crippen LogP contribution in [0.2, 0.25) is 0 Å². The van der Waals surface area contributed by atoms with E-state index in [9.17, 15) is 19.5 Å². The molecule has 6 rings (SSSR count). The van der Waals surface area contributed by atoms with E-state index in [1.165, 1.54) is 0 Å². The minimum atomic E-state index is -1.30. The van der Waals surface area contributed by atoms with Crippen molar-refractivity contribution in [1.82, 2.24) is 4.90 Å². The van der Waals surface area contributed by atoms with Gasteiger partial charge in [-0.3, -0.25) is 14.5 Å². The summed E-state index contributed by atoms with van der Waals surface area (Å²) >= 11 is 14.6. The van der Waals surface area contributed by atoms with Crippen LogP contribution < -0.4 is 0 Å². The Morgan fingerprint density at radius 2 is 1.20 bits per heavy atom. The molecule has 2 bridgehead atoms. The average molecular weight is 444 g/mol. The molecule has 7 heteroatoms. The molecule has 0 spiro atoms. The monoisotopic (exact) mass is 443 g/mol. The maximum absolute atomic E-state index is 13.7. The van der Waals surface area contributed by atoms with Crippen molar-refractivity contribution in [2.75, 3.05) is 0 Å². The zero-order chi connectivity index (χ0) is 21.6. The first-order chi connectivity index (χ1) is 14.2. The lowest BCUT2D eigenvalue weighted by Gasteiger charge is -2.54. The molecule has 1 heterocycles. The first-order valence-corrected chi connectivity index (χ1v) is 10.6. The van der Waals surface area contributed by atoms with Crippen LogP contribution in [0.15, 0.2) is 48.5 Å². The fourth-order valence-electron chi connectivity index (χ4n) is 5.66. The Balaban J connectivity index is 1.82. The number of amides is 2. The molecule has 30 heavy (non-hydrogen) atoms. The van der Waals surface area contributed by atoms with Gasteiger partial charge >= 0.3 is 5.97 Å². The van der Waals surface area contributed by atoms with Crippen LogP contribution in [0.5, 0.6) is 0 Å². The van der Waals surface area contributed by atoms with Crippen LogP contribution in [0.1, 0.15) is 36.1 Å². The van der Waals surface area contributed by atoms with Crippen molar-refractivity contribution in [3.8, 4) is 0 Å². The van der Waals surface area contributed by atoms with Crippen LogP contribution in [0.4, 0.5) is 0 Å². The lowest BCUT2D eigenvalue weighted by molar-refractivity contribution is -0.157. The molecular weight excluding hydrogens is 425 g/mol. The highest BCUT2D eigenvalue weighted by atomic mass is 35.5. The van der Waals surface area contributed by atoms with Crippen molar-refractivity contribution in [3.63, 3.8) is 0 Å². The van der Waals surface area contributed by atoms with Crippen LogP contribution in [0, 0.1) is 17.8 Å². The number of carbonyl (C=O) groups is 3.